The summed E-state index contributed by atoms with van der Waals surface area (Å²) < 4.78 is 39.9. The van der Waals surface area contributed by atoms with E-state index in [2.05, 4.69) is 15.9 Å². The van der Waals surface area contributed by atoms with Crippen molar-refractivity contribution >= 4 is 15.9 Å². The molecule has 0 atom stereocenters. The van der Waals surface area contributed by atoms with Gasteiger partial charge in [-0.1, -0.05) is 34.2 Å². The molecule has 0 bridgehead atoms. The number of hydrogen-bond donors (Lipinski definition) is 0. The van der Waals surface area contributed by atoms with Crippen LogP contribution in [0.1, 0.15) is 13.3 Å². The van der Waals surface area contributed by atoms with E-state index >= 15 is 0 Å². The highest BCUT2D eigenvalue weighted by atomic mass is 79.9. The van der Waals surface area contributed by atoms with Crippen LogP contribution in [-0.2, 0) is 0 Å². The number of alkyl halides is 3. The molecular weight excluding hydrogens is 257 g/mol. The second kappa shape index (κ2) is 4.34. The molecule has 0 saturated heterocycles. The fourth-order valence-corrected chi connectivity index (χ4v) is 1.82. The summed E-state index contributed by atoms with van der Waals surface area (Å²) in [7, 11) is 0. The zero-order valence-corrected chi connectivity index (χ0v) is 9.24. The van der Waals surface area contributed by atoms with Crippen LogP contribution in [0.2, 0.25) is 0 Å². The predicted octanol–water partition coefficient (Wildman–Crippen LogP) is 4.15. The Hall–Kier alpha value is -0.510. The maximum atomic E-state index is 13.3. The number of allylic oxidation sites excluding steroid dienone is 6. The first-order valence-corrected chi connectivity index (χ1v) is 5.31. The van der Waals surface area contributed by atoms with Gasteiger partial charge in [-0.15, -0.1) is 0 Å². The van der Waals surface area contributed by atoms with E-state index in [1.165, 1.54) is 19.1 Å². The van der Waals surface area contributed by atoms with Gasteiger partial charge in [0.15, 0.2) is 0 Å². The Morgan fingerprint density at radius 2 is 2.29 bits per heavy atom. The average Bonchev–Trinajstić information content (AvgIpc) is 2.15. The second-order valence-electron chi connectivity index (χ2n) is 2.98. The molecular formula is C10H10BrF3. The minimum atomic E-state index is -3.09. The first-order valence-electron chi connectivity index (χ1n) is 4.19. The van der Waals surface area contributed by atoms with Crippen molar-refractivity contribution in [2.24, 2.45) is 0 Å². The van der Waals surface area contributed by atoms with Crippen molar-refractivity contribution in [2.45, 2.75) is 19.3 Å². The Kier molecular flexibility index (Phi) is 3.59. The van der Waals surface area contributed by atoms with E-state index in [4.69, 9.17) is 0 Å². The first kappa shape index (κ1) is 11.6. The summed E-state index contributed by atoms with van der Waals surface area (Å²) in [5.41, 5.74) is -0.184. The van der Waals surface area contributed by atoms with Gasteiger partial charge in [0.2, 0.25) is 0 Å². The molecule has 78 valence electrons. The normalized spacial score (nSPS) is 21.6. The van der Waals surface area contributed by atoms with Gasteiger partial charge in [-0.25, -0.2) is 13.2 Å². The number of hydrogen-bond acceptors (Lipinski definition) is 0. The fourth-order valence-electron chi connectivity index (χ4n) is 1.35. The minimum absolute atomic E-state index is 0.232. The van der Waals surface area contributed by atoms with Gasteiger partial charge in [0.25, 0.3) is 5.92 Å². The van der Waals surface area contributed by atoms with Gasteiger partial charge in [0.1, 0.15) is 5.83 Å². The van der Waals surface area contributed by atoms with E-state index in [0.29, 0.717) is 5.57 Å². The van der Waals surface area contributed by atoms with Crippen molar-refractivity contribution in [1.29, 1.82) is 0 Å². The quantitative estimate of drug-likeness (QED) is 0.659. The molecule has 0 fully saturated rings. The van der Waals surface area contributed by atoms with E-state index < -0.39 is 23.7 Å². The van der Waals surface area contributed by atoms with Gasteiger partial charge in [0, 0.05) is 11.8 Å². The molecule has 0 saturated carbocycles. The molecule has 0 heterocycles. The average molecular weight is 267 g/mol. The van der Waals surface area contributed by atoms with Crippen LogP contribution in [0.4, 0.5) is 13.2 Å². The first-order chi connectivity index (χ1) is 6.53. The van der Waals surface area contributed by atoms with E-state index in [9.17, 15) is 13.2 Å². The Morgan fingerprint density at radius 3 is 2.79 bits per heavy atom. The van der Waals surface area contributed by atoms with Gasteiger partial charge < -0.3 is 0 Å². The largest absolute Gasteiger partial charge is 0.279 e. The molecule has 0 nitrogen and oxygen atoms in total. The Bertz CT molecular complexity index is 313. The summed E-state index contributed by atoms with van der Waals surface area (Å²) in [5.74, 6) is -3.93. The van der Waals surface area contributed by atoms with Gasteiger partial charge >= 0.3 is 0 Å². The zero-order chi connectivity index (χ0) is 10.8. The lowest BCUT2D eigenvalue weighted by atomic mass is 9.93. The van der Waals surface area contributed by atoms with Crippen LogP contribution in [-0.4, -0.2) is 11.3 Å². The number of halogens is 4. The summed E-state index contributed by atoms with van der Waals surface area (Å²) in [5, 5.41) is 0.232. The minimum Gasteiger partial charge on any atom is -0.207 e. The van der Waals surface area contributed by atoms with Crippen LogP contribution < -0.4 is 0 Å². The summed E-state index contributed by atoms with van der Waals surface area (Å²) in [6, 6.07) is 0. The molecule has 0 aromatic heterocycles. The van der Waals surface area contributed by atoms with Crippen LogP contribution in [0, 0.1) is 0 Å². The van der Waals surface area contributed by atoms with Crippen LogP contribution in [0.25, 0.3) is 0 Å². The van der Waals surface area contributed by atoms with E-state index in [-0.39, 0.29) is 5.33 Å². The van der Waals surface area contributed by atoms with Gasteiger partial charge in [0.05, 0.1) is 5.57 Å². The molecule has 4 heteroatoms. The van der Waals surface area contributed by atoms with Crippen LogP contribution in [0.15, 0.2) is 35.2 Å². The van der Waals surface area contributed by atoms with Crippen LogP contribution >= 0.6 is 15.9 Å². The number of rotatable bonds is 2. The highest BCUT2D eigenvalue weighted by molar-refractivity contribution is 9.09. The smallest absolute Gasteiger partial charge is 0.207 e. The van der Waals surface area contributed by atoms with Crippen molar-refractivity contribution in [3.8, 4) is 0 Å². The summed E-state index contributed by atoms with van der Waals surface area (Å²) in [6.07, 6.45) is 3.53. The Morgan fingerprint density at radius 1 is 1.64 bits per heavy atom. The summed E-state index contributed by atoms with van der Waals surface area (Å²) in [4.78, 5) is 0. The van der Waals surface area contributed by atoms with Gasteiger partial charge in [-0.05, 0) is 12.5 Å². The molecule has 0 aromatic carbocycles. The molecule has 1 aliphatic carbocycles. The third kappa shape index (κ3) is 2.11. The third-order valence-electron chi connectivity index (χ3n) is 2.02. The summed E-state index contributed by atoms with van der Waals surface area (Å²) >= 11 is 3.06. The lowest BCUT2D eigenvalue weighted by Crippen LogP contribution is -2.23. The molecule has 0 N–H and O–H groups in total. The molecule has 1 aliphatic rings. The van der Waals surface area contributed by atoms with Gasteiger partial charge in [-0.2, -0.15) is 0 Å². The molecule has 0 aromatic rings. The standard InChI is InChI=1S/C10H10BrF3/c1-2-8(12)9-7(6-11)4-3-5-10(9,13)14/h2-4H,5-6H2,1H3/b8-2+. The Labute approximate surface area is 89.3 Å². The third-order valence-corrected chi connectivity index (χ3v) is 2.62. The lowest BCUT2D eigenvalue weighted by Gasteiger charge is -2.23. The molecule has 0 spiro atoms. The fraction of sp³-hybridized carbons (Fsp3) is 0.400. The highest BCUT2D eigenvalue weighted by Crippen LogP contribution is 2.39. The van der Waals surface area contributed by atoms with E-state index in [0.717, 1.165) is 6.08 Å². The van der Waals surface area contributed by atoms with Crippen molar-refractivity contribution in [2.75, 3.05) is 5.33 Å². The molecule has 0 amide bonds. The SMILES string of the molecule is C/C=C(/F)C1=C(CBr)C=CCC1(F)F. The lowest BCUT2D eigenvalue weighted by molar-refractivity contribution is 0.0424. The van der Waals surface area contributed by atoms with E-state index in [1.807, 2.05) is 0 Å². The molecule has 0 radical (unpaired) electrons. The van der Waals surface area contributed by atoms with Crippen LogP contribution in [0.5, 0.6) is 0 Å². The monoisotopic (exact) mass is 266 g/mol. The predicted molar refractivity (Wildman–Crippen MR) is 54.4 cm³/mol. The van der Waals surface area contributed by atoms with Crippen molar-refractivity contribution in [3.63, 3.8) is 0 Å². The maximum Gasteiger partial charge on any atom is 0.279 e. The van der Waals surface area contributed by atoms with Crippen LogP contribution in [0.3, 0.4) is 0 Å². The summed E-state index contributed by atoms with van der Waals surface area (Å²) in [6.45, 7) is 1.41. The maximum absolute atomic E-state index is 13.3. The van der Waals surface area contributed by atoms with Crippen molar-refractivity contribution < 1.29 is 13.2 Å². The van der Waals surface area contributed by atoms with E-state index in [1.54, 1.807) is 0 Å². The molecule has 0 aliphatic heterocycles. The topological polar surface area (TPSA) is 0 Å². The molecule has 14 heavy (non-hydrogen) atoms. The second-order valence-corrected chi connectivity index (χ2v) is 3.54. The Balaban J connectivity index is 3.24. The van der Waals surface area contributed by atoms with Gasteiger partial charge in [-0.3, -0.25) is 0 Å². The highest BCUT2D eigenvalue weighted by Gasteiger charge is 2.38. The molecule has 1 rings (SSSR count). The molecule has 0 unspecified atom stereocenters. The van der Waals surface area contributed by atoms with Crippen molar-refractivity contribution in [3.05, 3.63) is 35.2 Å². The zero-order valence-electron chi connectivity index (χ0n) is 7.66. The van der Waals surface area contributed by atoms with Crippen molar-refractivity contribution in [1.82, 2.24) is 0 Å².